The molecule has 0 saturated carbocycles. The van der Waals surface area contributed by atoms with Crippen LogP contribution in [0.5, 0.6) is 0 Å². The molecule has 0 fully saturated rings. The lowest BCUT2D eigenvalue weighted by atomic mass is 10.0. The molecule has 0 aliphatic heterocycles. The van der Waals surface area contributed by atoms with Crippen molar-refractivity contribution in [1.82, 2.24) is 30.7 Å². The van der Waals surface area contributed by atoms with Gasteiger partial charge in [-0.1, -0.05) is 65.9 Å². The number of benzene rings is 3. The number of nitrogens with two attached hydrogens (primary N) is 1. The van der Waals surface area contributed by atoms with Crippen molar-refractivity contribution in [3.8, 4) is 5.82 Å². The Kier molecular flexibility index (Phi) is 6.22. The quantitative estimate of drug-likeness (QED) is 0.202. The molecule has 35 heavy (non-hydrogen) atoms. The molecule has 0 aliphatic carbocycles. The number of hydrazone groups is 1. The first-order valence-electron chi connectivity index (χ1n) is 10.7. The monoisotopic (exact) mass is 484 g/mol. The Balaban J connectivity index is 1.44. The van der Waals surface area contributed by atoms with Crippen molar-refractivity contribution in [2.75, 3.05) is 5.73 Å². The fourth-order valence-corrected chi connectivity index (χ4v) is 4.48. The Morgan fingerprint density at radius 2 is 1.83 bits per heavy atom. The molecule has 0 unspecified atom stereocenters. The van der Waals surface area contributed by atoms with Crippen molar-refractivity contribution in [3.05, 3.63) is 89.7 Å². The molecule has 3 N–H and O–H groups in total. The summed E-state index contributed by atoms with van der Waals surface area (Å²) in [6.07, 6.45) is 0. The highest BCUT2D eigenvalue weighted by atomic mass is 32.2. The second-order valence-corrected chi connectivity index (χ2v) is 8.58. The number of hydrogen-bond acceptors (Lipinski definition) is 9. The van der Waals surface area contributed by atoms with Crippen LogP contribution in [0.3, 0.4) is 0 Å². The maximum absolute atomic E-state index is 13.1. The summed E-state index contributed by atoms with van der Waals surface area (Å²) in [4.78, 5) is 14.1. The number of rotatable bonds is 7. The molecule has 0 saturated heterocycles. The second-order valence-electron chi connectivity index (χ2n) is 7.54. The van der Waals surface area contributed by atoms with Crippen molar-refractivity contribution < 1.29 is 9.42 Å². The lowest BCUT2D eigenvalue weighted by Gasteiger charge is -2.07. The second kappa shape index (κ2) is 9.77. The minimum absolute atomic E-state index is 0.0395. The number of hydrogen-bond donors (Lipinski definition) is 2. The van der Waals surface area contributed by atoms with Gasteiger partial charge in [0, 0.05) is 16.2 Å². The van der Waals surface area contributed by atoms with Gasteiger partial charge in [-0.3, -0.25) is 4.79 Å². The summed E-state index contributed by atoms with van der Waals surface area (Å²) < 4.78 is 6.07. The van der Waals surface area contributed by atoms with Crippen LogP contribution in [-0.2, 0) is 5.75 Å². The molecule has 10 nitrogen and oxygen atoms in total. The zero-order valence-electron chi connectivity index (χ0n) is 18.6. The van der Waals surface area contributed by atoms with Crippen LogP contribution in [0.4, 0.5) is 5.82 Å². The summed E-state index contributed by atoms with van der Waals surface area (Å²) in [5.41, 5.74) is 10.6. The van der Waals surface area contributed by atoms with Crippen LogP contribution < -0.4 is 11.2 Å². The van der Waals surface area contributed by atoms with Gasteiger partial charge in [-0.2, -0.15) is 9.78 Å². The molecule has 5 aromatic rings. The third-order valence-electron chi connectivity index (χ3n) is 5.30. The van der Waals surface area contributed by atoms with Gasteiger partial charge in [-0.25, -0.2) is 10.1 Å². The Bertz CT molecular complexity index is 1520. The van der Waals surface area contributed by atoms with Gasteiger partial charge >= 0.3 is 0 Å². The summed E-state index contributed by atoms with van der Waals surface area (Å²) in [5.74, 6) is 0.0702. The van der Waals surface area contributed by atoms with Crippen LogP contribution in [0.15, 0.2) is 87.4 Å². The van der Waals surface area contributed by atoms with Gasteiger partial charge in [0.15, 0.2) is 5.69 Å². The number of aromatic nitrogens is 5. The van der Waals surface area contributed by atoms with Gasteiger partial charge in [-0.05, 0) is 40.1 Å². The number of carbonyl (C=O) groups is 1. The third kappa shape index (κ3) is 4.62. The first kappa shape index (κ1) is 22.3. The van der Waals surface area contributed by atoms with E-state index in [0.29, 0.717) is 17.2 Å². The molecular weight excluding hydrogens is 464 g/mol. The highest BCUT2D eigenvalue weighted by Gasteiger charge is 2.24. The highest BCUT2D eigenvalue weighted by molar-refractivity contribution is 7.98. The van der Waals surface area contributed by atoms with E-state index in [9.17, 15) is 4.79 Å². The lowest BCUT2D eigenvalue weighted by Crippen LogP contribution is -2.21. The average molecular weight is 485 g/mol. The maximum atomic E-state index is 13.1. The number of thioether (sulfide) groups is 1. The average Bonchev–Trinajstić information content (AvgIpc) is 3.51. The van der Waals surface area contributed by atoms with Gasteiger partial charge in [0.1, 0.15) is 0 Å². The van der Waals surface area contributed by atoms with Crippen LogP contribution in [0.25, 0.3) is 16.6 Å². The first-order chi connectivity index (χ1) is 17.1. The number of nitrogen functional groups attached to an aromatic ring is 1. The van der Waals surface area contributed by atoms with E-state index in [4.69, 9.17) is 10.4 Å². The summed E-state index contributed by atoms with van der Waals surface area (Å²) in [6, 6.07) is 23.7. The summed E-state index contributed by atoms with van der Waals surface area (Å²) in [7, 11) is 0. The Morgan fingerprint density at radius 3 is 2.63 bits per heavy atom. The number of amides is 1. The third-order valence-corrected chi connectivity index (χ3v) is 6.32. The molecule has 2 aromatic heterocycles. The van der Waals surface area contributed by atoms with Crippen molar-refractivity contribution in [1.29, 1.82) is 0 Å². The molecule has 0 bridgehead atoms. The van der Waals surface area contributed by atoms with Gasteiger partial charge < -0.3 is 5.73 Å². The fraction of sp³-hybridized carbons (Fsp3) is 0.0833. The highest BCUT2D eigenvalue weighted by Crippen LogP contribution is 2.26. The van der Waals surface area contributed by atoms with Crippen LogP contribution >= 0.6 is 11.8 Å². The molecule has 2 heterocycles. The van der Waals surface area contributed by atoms with Gasteiger partial charge in [0.2, 0.25) is 11.6 Å². The van der Waals surface area contributed by atoms with E-state index < -0.39 is 5.91 Å². The lowest BCUT2D eigenvalue weighted by molar-refractivity contribution is 0.0949. The topological polar surface area (TPSA) is 137 Å². The molecule has 3 aromatic carbocycles. The normalized spacial score (nSPS) is 11.6. The van der Waals surface area contributed by atoms with Gasteiger partial charge in [0.05, 0.1) is 11.4 Å². The van der Waals surface area contributed by atoms with Crippen LogP contribution in [0, 0.1) is 0 Å². The minimum atomic E-state index is -0.505. The Labute approximate surface area is 204 Å². The number of nitrogens with one attached hydrogen (secondary N) is 1. The summed E-state index contributed by atoms with van der Waals surface area (Å²) in [5, 5.41) is 22.0. The minimum Gasteiger partial charge on any atom is -0.378 e. The number of carbonyl (C=O) groups excluding carboxylic acids is 1. The number of nitrogens with zero attached hydrogens (tertiary/aromatic N) is 6. The maximum Gasteiger partial charge on any atom is 0.293 e. The van der Waals surface area contributed by atoms with E-state index in [0.717, 1.165) is 21.2 Å². The summed E-state index contributed by atoms with van der Waals surface area (Å²) >= 11 is 1.51. The standard InChI is InChI=1S/C24H20N8O2S/c1-15(18-13-7-9-16-8-5-6-12-19(16)18)26-28-24(33)21-20(14-35-17-10-3-2-4-11-17)32(31-27-21)23-22(25)29-34-30-23/h2-13H,14H2,1H3,(H2,25,29)(H,28,33). The molecule has 0 aliphatic rings. The smallest absolute Gasteiger partial charge is 0.293 e. The molecule has 1 amide bonds. The molecule has 11 heteroatoms. The fourth-order valence-electron chi connectivity index (χ4n) is 3.57. The van der Waals surface area contributed by atoms with E-state index >= 15 is 0 Å². The predicted molar refractivity (Wildman–Crippen MR) is 133 cm³/mol. The van der Waals surface area contributed by atoms with Crippen molar-refractivity contribution in [2.45, 2.75) is 17.6 Å². The zero-order chi connectivity index (χ0) is 24.2. The molecule has 0 radical (unpaired) electrons. The van der Waals surface area contributed by atoms with Gasteiger partial charge in [0.25, 0.3) is 5.91 Å². The largest absolute Gasteiger partial charge is 0.378 e. The number of anilines is 1. The Morgan fingerprint density at radius 1 is 1.06 bits per heavy atom. The van der Waals surface area contributed by atoms with Crippen molar-refractivity contribution >= 4 is 40.0 Å². The Hall–Kier alpha value is -4.51. The van der Waals surface area contributed by atoms with Crippen LogP contribution in [-0.4, -0.2) is 36.9 Å². The van der Waals surface area contributed by atoms with E-state index in [1.807, 2.05) is 79.7 Å². The van der Waals surface area contributed by atoms with Crippen molar-refractivity contribution in [3.63, 3.8) is 0 Å². The van der Waals surface area contributed by atoms with Crippen LogP contribution in [0.1, 0.15) is 28.7 Å². The number of fused-ring (bicyclic) bond motifs is 1. The van der Waals surface area contributed by atoms with Gasteiger partial charge in [-0.15, -0.1) is 16.9 Å². The van der Waals surface area contributed by atoms with Crippen molar-refractivity contribution in [2.24, 2.45) is 5.10 Å². The first-order valence-corrected chi connectivity index (χ1v) is 11.6. The molecule has 174 valence electrons. The SMILES string of the molecule is CC(=NNC(=O)c1nnn(-c2nonc2N)c1CSc1ccccc1)c1cccc2ccccc12. The predicted octanol–water partition coefficient (Wildman–Crippen LogP) is 3.83. The van der Waals surface area contributed by atoms with E-state index in [1.54, 1.807) is 0 Å². The zero-order valence-corrected chi connectivity index (χ0v) is 19.4. The van der Waals surface area contributed by atoms with E-state index in [2.05, 4.69) is 31.2 Å². The van der Waals surface area contributed by atoms with E-state index in [1.165, 1.54) is 16.4 Å². The molecule has 0 spiro atoms. The van der Waals surface area contributed by atoms with E-state index in [-0.39, 0.29) is 17.3 Å². The summed E-state index contributed by atoms with van der Waals surface area (Å²) in [6.45, 7) is 1.84. The van der Waals surface area contributed by atoms with Crippen LogP contribution in [0.2, 0.25) is 0 Å². The molecule has 0 atom stereocenters. The molecular formula is C24H20N8O2S. The molecule has 5 rings (SSSR count).